The first-order chi connectivity index (χ1) is 30.7. The molecule has 0 aromatic carbocycles. The lowest BCUT2D eigenvalue weighted by Crippen LogP contribution is -2.34. The summed E-state index contributed by atoms with van der Waals surface area (Å²) in [6.07, 6.45) is 57.4. The molecule has 0 saturated heterocycles. The van der Waals surface area contributed by atoms with E-state index in [0.29, 0.717) is 13.0 Å². The van der Waals surface area contributed by atoms with Crippen LogP contribution in [0.5, 0.6) is 0 Å². The first-order valence-electron chi connectivity index (χ1n) is 25.7. The van der Waals surface area contributed by atoms with Crippen molar-refractivity contribution in [1.82, 2.24) is 0 Å². The molecular weight excluding hydrogens is 814 g/mol. The number of phosphoric ester groups is 1. The lowest BCUT2D eigenvalue weighted by atomic mass is 10.0. The standard InChI is InChI=1S/C52H96NO9P/c1-3-5-7-9-11-13-15-17-19-21-22-23-24-25-26-27-29-31-33-35-37-39-41-43-45-59-46-49(47-60-63(57,58)61-48-50(53)52(55)56)62-51(54)44-42-40-38-36-34-32-30-28-20-18-16-14-12-10-8-6-4-2/h12,14-15,17-18,20-22,49-50H,3-11,13,16,19,23-48,53H2,1-2H3,(H,55,56)(H,57,58)/b14-12-,17-15-,20-18-,22-21-. The van der Waals surface area contributed by atoms with E-state index in [0.717, 1.165) is 57.8 Å². The quantitative estimate of drug-likeness (QED) is 0.0232. The lowest BCUT2D eigenvalue weighted by molar-refractivity contribution is -0.154. The van der Waals surface area contributed by atoms with Gasteiger partial charge in [-0.15, -0.1) is 0 Å². The van der Waals surface area contributed by atoms with Crippen molar-refractivity contribution < 1.29 is 42.7 Å². The maximum Gasteiger partial charge on any atom is 0.472 e. The molecule has 0 amide bonds. The molecule has 0 saturated carbocycles. The molecule has 0 rings (SSSR count). The first-order valence-corrected chi connectivity index (χ1v) is 27.2. The van der Waals surface area contributed by atoms with Crippen molar-refractivity contribution in [3.63, 3.8) is 0 Å². The summed E-state index contributed by atoms with van der Waals surface area (Å²) in [4.78, 5) is 33.7. The van der Waals surface area contributed by atoms with Crippen LogP contribution >= 0.6 is 7.82 Å². The zero-order valence-electron chi connectivity index (χ0n) is 40.4. The summed E-state index contributed by atoms with van der Waals surface area (Å²) in [7, 11) is -4.62. The van der Waals surface area contributed by atoms with Gasteiger partial charge in [0.2, 0.25) is 0 Å². The van der Waals surface area contributed by atoms with Crippen molar-refractivity contribution in [2.45, 2.75) is 244 Å². The summed E-state index contributed by atoms with van der Waals surface area (Å²) in [5, 5.41) is 8.93. The molecule has 0 aliphatic rings. The Morgan fingerprint density at radius 3 is 1.32 bits per heavy atom. The Morgan fingerprint density at radius 2 is 0.873 bits per heavy atom. The maximum atomic E-state index is 12.7. The number of rotatable bonds is 49. The average Bonchev–Trinajstić information content (AvgIpc) is 3.26. The van der Waals surface area contributed by atoms with Crippen molar-refractivity contribution in [2.75, 3.05) is 26.4 Å². The summed E-state index contributed by atoms with van der Waals surface area (Å²) in [5.74, 6) is -1.78. The summed E-state index contributed by atoms with van der Waals surface area (Å²) < 4.78 is 33.5. The molecule has 0 aromatic heterocycles. The Morgan fingerprint density at radius 1 is 0.508 bits per heavy atom. The van der Waals surface area contributed by atoms with Gasteiger partial charge in [0.1, 0.15) is 12.1 Å². The third-order valence-electron chi connectivity index (χ3n) is 11.1. The number of unbranched alkanes of at least 4 members (excludes halogenated alkanes) is 27. The highest BCUT2D eigenvalue weighted by molar-refractivity contribution is 7.47. The molecule has 3 unspecified atom stereocenters. The van der Waals surface area contributed by atoms with E-state index in [1.165, 1.54) is 148 Å². The SMILES string of the molecule is CCCCC/C=C\C/C=C\CCCCCCCCCC(=O)OC(COCCCCCCCCCCCCCC/C=C\C/C=C\CCCCCCC)COP(=O)(O)OCC(N)C(=O)O. The van der Waals surface area contributed by atoms with Gasteiger partial charge in [0.25, 0.3) is 0 Å². The van der Waals surface area contributed by atoms with Gasteiger partial charge in [-0.1, -0.05) is 197 Å². The minimum Gasteiger partial charge on any atom is -0.480 e. The molecule has 0 bridgehead atoms. The van der Waals surface area contributed by atoms with Gasteiger partial charge in [-0.2, -0.15) is 0 Å². The van der Waals surface area contributed by atoms with Gasteiger partial charge in [-0.05, 0) is 77.0 Å². The number of esters is 1. The topological polar surface area (TPSA) is 155 Å². The number of nitrogens with two attached hydrogens (primary N) is 1. The Labute approximate surface area is 386 Å². The van der Waals surface area contributed by atoms with Crippen LogP contribution < -0.4 is 5.73 Å². The fourth-order valence-corrected chi connectivity index (χ4v) is 7.86. The van der Waals surface area contributed by atoms with Gasteiger partial charge in [0.05, 0.1) is 19.8 Å². The van der Waals surface area contributed by atoms with Gasteiger partial charge >= 0.3 is 19.8 Å². The molecule has 11 heteroatoms. The van der Waals surface area contributed by atoms with E-state index in [2.05, 4.69) is 62.5 Å². The second-order valence-electron chi connectivity index (χ2n) is 17.3. The smallest absolute Gasteiger partial charge is 0.472 e. The third kappa shape index (κ3) is 47.7. The lowest BCUT2D eigenvalue weighted by Gasteiger charge is -2.20. The van der Waals surface area contributed by atoms with Crippen LogP contribution in [0.2, 0.25) is 0 Å². The Balaban J connectivity index is 4.12. The minimum absolute atomic E-state index is 0.0129. The van der Waals surface area contributed by atoms with E-state index in [-0.39, 0.29) is 13.0 Å². The Bertz CT molecular complexity index is 1190. The Kier molecular flexibility index (Phi) is 46.3. The second kappa shape index (κ2) is 47.9. The molecule has 0 radical (unpaired) electrons. The highest BCUT2D eigenvalue weighted by Crippen LogP contribution is 2.43. The van der Waals surface area contributed by atoms with Gasteiger partial charge < -0.3 is 25.2 Å². The molecule has 0 spiro atoms. The van der Waals surface area contributed by atoms with Gasteiger partial charge in [0.15, 0.2) is 0 Å². The van der Waals surface area contributed by atoms with Crippen molar-refractivity contribution in [2.24, 2.45) is 5.73 Å². The highest BCUT2D eigenvalue weighted by Gasteiger charge is 2.27. The predicted molar refractivity (Wildman–Crippen MR) is 263 cm³/mol. The Hall–Kier alpha value is -2.07. The maximum absolute atomic E-state index is 12.7. The average molecular weight is 910 g/mol. The molecule has 0 fully saturated rings. The van der Waals surface area contributed by atoms with E-state index >= 15 is 0 Å². The van der Waals surface area contributed by atoms with Crippen molar-refractivity contribution in [3.05, 3.63) is 48.6 Å². The van der Waals surface area contributed by atoms with E-state index in [4.69, 9.17) is 29.4 Å². The minimum atomic E-state index is -4.62. The van der Waals surface area contributed by atoms with Crippen LogP contribution in [-0.2, 0) is 32.7 Å². The number of phosphoric acid groups is 1. The summed E-state index contributed by atoms with van der Waals surface area (Å²) in [6.45, 7) is 3.86. The first kappa shape index (κ1) is 60.9. The monoisotopic (exact) mass is 910 g/mol. The largest absolute Gasteiger partial charge is 0.480 e. The molecule has 10 nitrogen and oxygen atoms in total. The van der Waals surface area contributed by atoms with Crippen LogP contribution in [0.1, 0.15) is 232 Å². The molecule has 4 N–H and O–H groups in total. The number of carboxylic acids is 1. The van der Waals surface area contributed by atoms with Gasteiger partial charge in [-0.25, -0.2) is 4.57 Å². The fourth-order valence-electron chi connectivity index (χ4n) is 7.08. The van der Waals surface area contributed by atoms with Crippen molar-refractivity contribution >= 4 is 19.8 Å². The number of carbonyl (C=O) groups excluding carboxylic acids is 1. The van der Waals surface area contributed by atoms with Crippen LogP contribution in [0.25, 0.3) is 0 Å². The number of hydrogen-bond donors (Lipinski definition) is 3. The number of aliphatic carboxylic acids is 1. The molecular formula is C52H96NO9P. The van der Waals surface area contributed by atoms with E-state index in [1.54, 1.807) is 0 Å². The number of carbonyl (C=O) groups is 2. The van der Waals surface area contributed by atoms with Crippen LogP contribution in [0.4, 0.5) is 0 Å². The molecule has 3 atom stereocenters. The fraction of sp³-hybridized carbons (Fsp3) is 0.808. The summed E-state index contributed by atoms with van der Waals surface area (Å²) in [5.41, 5.74) is 5.37. The van der Waals surface area contributed by atoms with E-state index < -0.39 is 45.1 Å². The molecule has 0 aliphatic carbocycles. The zero-order chi connectivity index (χ0) is 46.2. The van der Waals surface area contributed by atoms with Crippen molar-refractivity contribution in [1.29, 1.82) is 0 Å². The number of ether oxygens (including phenoxy) is 2. The normalized spacial score (nSPS) is 14.1. The second-order valence-corrected chi connectivity index (χ2v) is 18.7. The number of allylic oxidation sites excluding steroid dienone is 8. The number of carboxylic acid groups (broad SMARTS) is 1. The van der Waals surface area contributed by atoms with Crippen LogP contribution in [0, 0.1) is 0 Å². The van der Waals surface area contributed by atoms with Crippen LogP contribution in [0.3, 0.4) is 0 Å². The van der Waals surface area contributed by atoms with E-state index in [9.17, 15) is 19.0 Å². The third-order valence-corrected chi connectivity index (χ3v) is 12.0. The summed E-state index contributed by atoms with van der Waals surface area (Å²) >= 11 is 0. The van der Waals surface area contributed by atoms with Crippen LogP contribution in [0.15, 0.2) is 48.6 Å². The molecule has 0 heterocycles. The van der Waals surface area contributed by atoms with Crippen LogP contribution in [-0.4, -0.2) is 60.5 Å². The number of hydrogen-bond acceptors (Lipinski definition) is 8. The molecule has 368 valence electrons. The zero-order valence-corrected chi connectivity index (χ0v) is 41.3. The van der Waals surface area contributed by atoms with Crippen molar-refractivity contribution in [3.8, 4) is 0 Å². The predicted octanol–water partition coefficient (Wildman–Crippen LogP) is 15.0. The molecule has 63 heavy (non-hydrogen) atoms. The van der Waals surface area contributed by atoms with E-state index in [1.807, 2.05) is 0 Å². The highest BCUT2D eigenvalue weighted by atomic mass is 31.2. The molecule has 0 aromatic rings. The van der Waals surface area contributed by atoms with Gasteiger partial charge in [0, 0.05) is 13.0 Å². The van der Waals surface area contributed by atoms with Gasteiger partial charge in [-0.3, -0.25) is 18.6 Å². The molecule has 0 aliphatic heterocycles. The summed E-state index contributed by atoms with van der Waals surface area (Å²) in [6, 6.07) is -1.48.